The molecule has 1 saturated heterocycles. The summed E-state index contributed by atoms with van der Waals surface area (Å²) in [5.41, 5.74) is 0. The van der Waals surface area contributed by atoms with E-state index < -0.39 is 0 Å². The number of aliphatic hydroxyl groups excluding tert-OH is 1. The summed E-state index contributed by atoms with van der Waals surface area (Å²) >= 11 is 0. The molecule has 4 heteroatoms. The highest BCUT2D eigenvalue weighted by Gasteiger charge is 2.39. The van der Waals surface area contributed by atoms with Crippen LogP contribution in [0.2, 0.25) is 0 Å². The second kappa shape index (κ2) is 4.28. The quantitative estimate of drug-likeness (QED) is 0.634. The maximum atomic E-state index is 11.5. The molecule has 2 fully saturated rings. The van der Waals surface area contributed by atoms with Crippen molar-refractivity contribution in [3.8, 4) is 0 Å². The maximum absolute atomic E-state index is 11.5. The highest BCUT2D eigenvalue weighted by atomic mass is 16.5. The molecule has 1 amide bonds. The monoisotopic (exact) mass is 199 g/mol. The van der Waals surface area contributed by atoms with Gasteiger partial charge < -0.3 is 14.7 Å². The van der Waals surface area contributed by atoms with Crippen LogP contribution >= 0.6 is 0 Å². The number of nitrogens with zero attached hydrogens (tertiary/aromatic N) is 1. The summed E-state index contributed by atoms with van der Waals surface area (Å²) in [4.78, 5) is 13.4. The van der Waals surface area contributed by atoms with Gasteiger partial charge in [-0.3, -0.25) is 4.79 Å². The molecule has 2 aliphatic rings. The number of carbonyl (C=O) groups is 1. The van der Waals surface area contributed by atoms with Gasteiger partial charge in [0.15, 0.2) is 0 Å². The van der Waals surface area contributed by atoms with Crippen molar-refractivity contribution < 1.29 is 14.6 Å². The van der Waals surface area contributed by atoms with Crippen LogP contribution in [0.5, 0.6) is 0 Å². The molecule has 0 aromatic heterocycles. The summed E-state index contributed by atoms with van der Waals surface area (Å²) in [5, 5.41) is 8.55. The molecule has 0 atom stereocenters. The minimum Gasteiger partial charge on any atom is -0.396 e. The lowest BCUT2D eigenvalue weighted by Gasteiger charge is -2.39. The number of rotatable bonds is 5. The third-order valence-electron chi connectivity index (χ3n) is 2.74. The summed E-state index contributed by atoms with van der Waals surface area (Å²) in [6.07, 6.45) is 3.05. The fourth-order valence-electron chi connectivity index (χ4n) is 1.63. The Balaban J connectivity index is 1.57. The molecule has 0 bridgehead atoms. The second-order valence-electron chi connectivity index (χ2n) is 4.09. The Bertz CT molecular complexity index is 209. The number of ether oxygens (including phenoxy) is 1. The molecule has 4 nitrogen and oxygen atoms in total. The van der Waals surface area contributed by atoms with E-state index in [-0.39, 0.29) is 12.7 Å². The van der Waals surface area contributed by atoms with Gasteiger partial charge in [0.1, 0.15) is 0 Å². The first-order valence-corrected chi connectivity index (χ1v) is 5.32. The van der Waals surface area contributed by atoms with Crippen LogP contribution in [0.1, 0.15) is 19.3 Å². The van der Waals surface area contributed by atoms with E-state index in [2.05, 4.69) is 0 Å². The predicted molar refractivity (Wildman–Crippen MR) is 50.7 cm³/mol. The van der Waals surface area contributed by atoms with Crippen LogP contribution in [0.3, 0.4) is 0 Å². The Morgan fingerprint density at radius 3 is 2.71 bits per heavy atom. The first-order chi connectivity index (χ1) is 6.81. The third-order valence-corrected chi connectivity index (χ3v) is 2.74. The molecule has 0 spiro atoms. The Kier molecular flexibility index (Phi) is 3.03. The Morgan fingerprint density at radius 2 is 2.14 bits per heavy atom. The van der Waals surface area contributed by atoms with Gasteiger partial charge in [0.05, 0.1) is 6.10 Å². The molecule has 14 heavy (non-hydrogen) atoms. The van der Waals surface area contributed by atoms with Gasteiger partial charge in [0.25, 0.3) is 0 Å². The molecular formula is C10H17NO3. The Hall–Kier alpha value is -0.610. The fourth-order valence-corrected chi connectivity index (χ4v) is 1.63. The van der Waals surface area contributed by atoms with Crippen LogP contribution in [-0.4, -0.2) is 48.3 Å². The summed E-state index contributed by atoms with van der Waals surface area (Å²) in [7, 11) is 0. The number of likely N-dealkylation sites (tertiary alicyclic amines) is 1. The topological polar surface area (TPSA) is 49.8 Å². The lowest BCUT2D eigenvalue weighted by atomic mass is 10.1. The zero-order valence-electron chi connectivity index (χ0n) is 8.32. The van der Waals surface area contributed by atoms with Crippen molar-refractivity contribution in [2.45, 2.75) is 25.4 Å². The van der Waals surface area contributed by atoms with E-state index in [1.807, 2.05) is 4.90 Å². The lowest BCUT2D eigenvalue weighted by Crippen LogP contribution is -2.55. The molecule has 2 rings (SSSR count). The molecule has 0 radical (unpaired) electrons. The van der Waals surface area contributed by atoms with E-state index in [4.69, 9.17) is 9.84 Å². The zero-order chi connectivity index (χ0) is 9.97. The standard InChI is InChI=1S/C10H17NO3/c12-4-1-5-14-9-6-11(7-9)10(13)8-2-3-8/h8-9,12H,1-7H2. The summed E-state index contributed by atoms with van der Waals surface area (Å²) in [5.74, 6) is 0.639. The summed E-state index contributed by atoms with van der Waals surface area (Å²) < 4.78 is 5.45. The number of hydrogen-bond donors (Lipinski definition) is 1. The molecular weight excluding hydrogens is 182 g/mol. The van der Waals surface area contributed by atoms with Crippen LogP contribution in [0.4, 0.5) is 0 Å². The molecule has 80 valence electrons. The van der Waals surface area contributed by atoms with Crippen molar-refractivity contribution in [2.24, 2.45) is 5.92 Å². The molecule has 1 saturated carbocycles. The molecule has 1 N–H and O–H groups in total. The van der Waals surface area contributed by atoms with Crippen LogP contribution in [0.25, 0.3) is 0 Å². The number of amides is 1. The first-order valence-electron chi connectivity index (χ1n) is 5.32. The zero-order valence-corrected chi connectivity index (χ0v) is 8.32. The average Bonchev–Trinajstić information content (AvgIpc) is 2.90. The minimum atomic E-state index is 0.178. The van der Waals surface area contributed by atoms with Crippen molar-refractivity contribution >= 4 is 5.91 Å². The fraction of sp³-hybridized carbons (Fsp3) is 0.900. The van der Waals surface area contributed by atoms with Gasteiger partial charge in [0, 0.05) is 32.2 Å². The molecule has 1 aliphatic heterocycles. The summed E-state index contributed by atoms with van der Waals surface area (Å²) in [6.45, 7) is 2.28. The molecule has 1 aliphatic carbocycles. The van der Waals surface area contributed by atoms with Crippen LogP contribution in [0, 0.1) is 5.92 Å². The van der Waals surface area contributed by atoms with E-state index in [0.717, 1.165) is 25.9 Å². The van der Waals surface area contributed by atoms with Gasteiger partial charge in [-0.25, -0.2) is 0 Å². The average molecular weight is 199 g/mol. The van der Waals surface area contributed by atoms with Gasteiger partial charge in [-0.05, 0) is 19.3 Å². The van der Waals surface area contributed by atoms with E-state index in [1.165, 1.54) is 0 Å². The third kappa shape index (κ3) is 2.25. The SMILES string of the molecule is O=C(C1CC1)N1CC(OCCCO)C1. The maximum Gasteiger partial charge on any atom is 0.225 e. The van der Waals surface area contributed by atoms with E-state index in [0.29, 0.717) is 24.9 Å². The van der Waals surface area contributed by atoms with Crippen LogP contribution in [-0.2, 0) is 9.53 Å². The van der Waals surface area contributed by atoms with E-state index in [1.54, 1.807) is 0 Å². The smallest absolute Gasteiger partial charge is 0.225 e. The van der Waals surface area contributed by atoms with Crippen LogP contribution < -0.4 is 0 Å². The van der Waals surface area contributed by atoms with Gasteiger partial charge in [-0.1, -0.05) is 0 Å². The number of carbonyl (C=O) groups excluding carboxylic acids is 1. The molecule has 0 unspecified atom stereocenters. The van der Waals surface area contributed by atoms with Crippen molar-refractivity contribution in [2.75, 3.05) is 26.3 Å². The lowest BCUT2D eigenvalue weighted by molar-refractivity contribution is -0.146. The summed E-state index contributed by atoms with van der Waals surface area (Å²) in [6, 6.07) is 0. The Labute approximate surface area is 83.8 Å². The van der Waals surface area contributed by atoms with Crippen LogP contribution in [0.15, 0.2) is 0 Å². The minimum absolute atomic E-state index is 0.178. The van der Waals surface area contributed by atoms with Crippen molar-refractivity contribution in [3.63, 3.8) is 0 Å². The number of aliphatic hydroxyl groups is 1. The van der Waals surface area contributed by atoms with E-state index >= 15 is 0 Å². The predicted octanol–water partition coefficient (Wildman–Crippen LogP) is 0.00620. The first kappa shape index (κ1) is 9.93. The van der Waals surface area contributed by atoms with Gasteiger partial charge in [-0.15, -0.1) is 0 Å². The van der Waals surface area contributed by atoms with Gasteiger partial charge in [-0.2, -0.15) is 0 Å². The molecule has 0 aromatic carbocycles. The second-order valence-corrected chi connectivity index (χ2v) is 4.09. The van der Waals surface area contributed by atoms with Crippen molar-refractivity contribution in [1.29, 1.82) is 0 Å². The van der Waals surface area contributed by atoms with Crippen molar-refractivity contribution in [3.05, 3.63) is 0 Å². The highest BCUT2D eigenvalue weighted by molar-refractivity contribution is 5.81. The normalized spacial score (nSPS) is 22.2. The molecule has 1 heterocycles. The number of hydrogen-bond acceptors (Lipinski definition) is 3. The largest absolute Gasteiger partial charge is 0.396 e. The van der Waals surface area contributed by atoms with Gasteiger partial charge >= 0.3 is 0 Å². The highest BCUT2D eigenvalue weighted by Crippen LogP contribution is 2.32. The van der Waals surface area contributed by atoms with E-state index in [9.17, 15) is 4.79 Å². The molecule has 0 aromatic rings. The van der Waals surface area contributed by atoms with Gasteiger partial charge in [0.2, 0.25) is 5.91 Å². The Morgan fingerprint density at radius 1 is 1.43 bits per heavy atom. The van der Waals surface area contributed by atoms with Crippen molar-refractivity contribution in [1.82, 2.24) is 4.90 Å².